The van der Waals surface area contributed by atoms with Crippen molar-refractivity contribution in [1.82, 2.24) is 10.3 Å². The van der Waals surface area contributed by atoms with Crippen molar-refractivity contribution in [3.63, 3.8) is 0 Å². The third-order valence-corrected chi connectivity index (χ3v) is 6.18. The van der Waals surface area contributed by atoms with Gasteiger partial charge in [-0.25, -0.2) is 9.37 Å². The van der Waals surface area contributed by atoms with Gasteiger partial charge in [0.25, 0.3) is 0 Å². The van der Waals surface area contributed by atoms with Crippen LogP contribution in [0.3, 0.4) is 0 Å². The molecule has 0 radical (unpaired) electrons. The Morgan fingerprint density at radius 3 is 2.71 bits per heavy atom. The number of hydrogen-bond acceptors (Lipinski definition) is 5. The van der Waals surface area contributed by atoms with Crippen LogP contribution in [0.1, 0.15) is 18.4 Å². The van der Waals surface area contributed by atoms with Crippen molar-refractivity contribution in [3.05, 3.63) is 53.8 Å². The van der Waals surface area contributed by atoms with E-state index in [-0.39, 0.29) is 17.6 Å². The number of ether oxygens (including phenoxy) is 1. The average Bonchev–Trinajstić information content (AvgIpc) is 3.15. The summed E-state index contributed by atoms with van der Waals surface area (Å²) in [5.74, 6) is 0.679. The molecule has 0 spiro atoms. The van der Waals surface area contributed by atoms with Crippen LogP contribution < -0.4 is 15.0 Å². The fraction of sp³-hybridized carbons (Fsp3) is 0.333. The first kappa shape index (κ1) is 18.7. The molecule has 28 heavy (non-hydrogen) atoms. The van der Waals surface area contributed by atoms with Gasteiger partial charge in [-0.05, 0) is 48.7 Å². The molecule has 1 fully saturated rings. The average molecular weight is 399 g/mol. The number of anilines is 1. The van der Waals surface area contributed by atoms with Gasteiger partial charge in [-0.1, -0.05) is 23.5 Å². The van der Waals surface area contributed by atoms with Gasteiger partial charge in [0.05, 0.1) is 17.3 Å². The van der Waals surface area contributed by atoms with Crippen molar-refractivity contribution in [1.29, 1.82) is 0 Å². The highest BCUT2D eigenvalue weighted by Gasteiger charge is 2.26. The van der Waals surface area contributed by atoms with Crippen LogP contribution in [0.4, 0.5) is 9.52 Å². The van der Waals surface area contributed by atoms with Gasteiger partial charge >= 0.3 is 0 Å². The lowest BCUT2D eigenvalue weighted by Gasteiger charge is -2.31. The van der Waals surface area contributed by atoms with Gasteiger partial charge in [0, 0.05) is 25.6 Å². The molecule has 2 aromatic carbocycles. The predicted octanol–water partition coefficient (Wildman–Crippen LogP) is 3.98. The summed E-state index contributed by atoms with van der Waals surface area (Å²) < 4.78 is 19.4. The Labute approximate surface area is 167 Å². The third-order valence-electron chi connectivity index (χ3n) is 5.10. The van der Waals surface area contributed by atoms with E-state index in [2.05, 4.69) is 15.2 Å². The number of nitrogens with one attached hydrogen (secondary N) is 1. The van der Waals surface area contributed by atoms with E-state index in [0.717, 1.165) is 52.6 Å². The van der Waals surface area contributed by atoms with Crippen LogP contribution in [0.5, 0.6) is 5.75 Å². The van der Waals surface area contributed by atoms with Crippen molar-refractivity contribution in [3.8, 4) is 5.75 Å². The van der Waals surface area contributed by atoms with Crippen LogP contribution in [0.2, 0.25) is 0 Å². The quantitative estimate of drug-likeness (QED) is 0.705. The van der Waals surface area contributed by atoms with E-state index in [4.69, 9.17) is 4.74 Å². The van der Waals surface area contributed by atoms with Crippen LogP contribution >= 0.6 is 11.3 Å². The highest BCUT2D eigenvalue weighted by atomic mass is 32.1. The lowest BCUT2D eigenvalue weighted by molar-refractivity contribution is -0.125. The topological polar surface area (TPSA) is 54.5 Å². The molecule has 7 heteroatoms. The van der Waals surface area contributed by atoms with Crippen molar-refractivity contribution in [2.75, 3.05) is 25.1 Å². The number of halogens is 1. The van der Waals surface area contributed by atoms with Crippen molar-refractivity contribution >= 4 is 32.6 Å². The molecular formula is C21H22FN3O2S. The number of thiazole rings is 1. The first-order valence-corrected chi connectivity index (χ1v) is 10.2. The number of aromatic nitrogens is 1. The highest BCUT2D eigenvalue weighted by Crippen LogP contribution is 2.32. The summed E-state index contributed by atoms with van der Waals surface area (Å²) in [4.78, 5) is 19.3. The Bertz CT molecular complexity index is 965. The Hall–Kier alpha value is -2.67. The van der Waals surface area contributed by atoms with Crippen LogP contribution in [0.15, 0.2) is 42.5 Å². The van der Waals surface area contributed by atoms with Crippen LogP contribution in [-0.2, 0) is 11.3 Å². The maximum absolute atomic E-state index is 13.4. The summed E-state index contributed by atoms with van der Waals surface area (Å²) >= 11 is 1.50. The lowest BCUT2D eigenvalue weighted by atomic mass is 9.96. The lowest BCUT2D eigenvalue weighted by Crippen LogP contribution is -2.40. The summed E-state index contributed by atoms with van der Waals surface area (Å²) in [5, 5.41) is 3.94. The molecule has 1 N–H and O–H groups in total. The molecule has 2 heterocycles. The minimum Gasteiger partial charge on any atom is -0.497 e. The van der Waals surface area contributed by atoms with E-state index in [1.165, 1.54) is 23.5 Å². The summed E-state index contributed by atoms with van der Waals surface area (Å²) in [6, 6.07) is 12.4. The van der Waals surface area contributed by atoms with E-state index in [1.54, 1.807) is 13.2 Å². The summed E-state index contributed by atoms with van der Waals surface area (Å²) in [6.45, 7) is 2.08. The first-order chi connectivity index (χ1) is 13.6. The van der Waals surface area contributed by atoms with Gasteiger partial charge in [-0.3, -0.25) is 4.79 Å². The smallest absolute Gasteiger partial charge is 0.223 e. The molecule has 1 aliphatic rings. The number of piperidine rings is 1. The SMILES string of the molecule is COc1ccc(CNC(=O)C2CCN(c3nc4ccc(F)cc4s3)CC2)cc1. The molecule has 5 nitrogen and oxygen atoms in total. The Morgan fingerprint density at radius 2 is 2.00 bits per heavy atom. The standard InChI is InChI=1S/C21H22FN3O2S/c1-27-17-5-2-14(3-6-17)13-23-20(26)15-8-10-25(11-9-15)21-24-18-7-4-16(22)12-19(18)28-21/h2-7,12,15H,8-11,13H2,1H3,(H,23,26). The molecule has 1 saturated heterocycles. The van der Waals surface area contributed by atoms with Gasteiger partial charge in [-0.15, -0.1) is 0 Å². The molecule has 4 rings (SSSR count). The number of carbonyl (C=O) groups excluding carboxylic acids is 1. The molecule has 0 bridgehead atoms. The zero-order valence-electron chi connectivity index (χ0n) is 15.7. The number of fused-ring (bicyclic) bond motifs is 1. The van der Waals surface area contributed by atoms with E-state index < -0.39 is 0 Å². The van der Waals surface area contributed by atoms with E-state index >= 15 is 0 Å². The number of methoxy groups -OCH3 is 1. The van der Waals surface area contributed by atoms with E-state index in [9.17, 15) is 9.18 Å². The van der Waals surface area contributed by atoms with Crippen molar-refractivity contribution < 1.29 is 13.9 Å². The second-order valence-electron chi connectivity index (χ2n) is 6.94. The van der Waals surface area contributed by atoms with Crippen molar-refractivity contribution in [2.24, 2.45) is 5.92 Å². The second kappa shape index (κ2) is 8.14. The maximum Gasteiger partial charge on any atom is 0.223 e. The number of benzene rings is 2. The number of hydrogen-bond donors (Lipinski definition) is 1. The normalized spacial score (nSPS) is 15.0. The molecule has 0 saturated carbocycles. The molecule has 0 atom stereocenters. The van der Waals surface area contributed by atoms with E-state index in [1.807, 2.05) is 24.3 Å². The fourth-order valence-corrected chi connectivity index (χ4v) is 4.47. The molecule has 3 aromatic rings. The Morgan fingerprint density at radius 1 is 1.25 bits per heavy atom. The van der Waals surface area contributed by atoms with Gasteiger partial charge in [0.15, 0.2) is 5.13 Å². The number of amides is 1. The van der Waals surface area contributed by atoms with Crippen molar-refractivity contribution in [2.45, 2.75) is 19.4 Å². The summed E-state index contributed by atoms with van der Waals surface area (Å²) in [5.41, 5.74) is 1.87. The van der Waals surface area contributed by atoms with Gasteiger partial charge in [0.1, 0.15) is 11.6 Å². The molecule has 1 amide bonds. The Kier molecular flexibility index (Phi) is 5.43. The van der Waals surface area contributed by atoms with E-state index in [0.29, 0.717) is 6.54 Å². The van der Waals surface area contributed by atoms with Gasteiger partial charge in [-0.2, -0.15) is 0 Å². The van der Waals surface area contributed by atoms with Gasteiger partial charge in [0.2, 0.25) is 5.91 Å². The molecule has 0 unspecified atom stereocenters. The maximum atomic E-state index is 13.4. The number of rotatable bonds is 5. The monoisotopic (exact) mass is 399 g/mol. The molecule has 146 valence electrons. The zero-order chi connectivity index (χ0) is 19.5. The minimum atomic E-state index is -0.241. The predicted molar refractivity (Wildman–Crippen MR) is 109 cm³/mol. The molecule has 1 aromatic heterocycles. The molecule has 1 aliphatic heterocycles. The molecule has 0 aliphatic carbocycles. The van der Waals surface area contributed by atoms with Crippen LogP contribution in [0.25, 0.3) is 10.2 Å². The third kappa shape index (κ3) is 4.09. The molecular weight excluding hydrogens is 377 g/mol. The minimum absolute atomic E-state index is 0.0151. The number of nitrogens with zero attached hydrogens (tertiary/aromatic N) is 2. The zero-order valence-corrected chi connectivity index (χ0v) is 16.5. The first-order valence-electron chi connectivity index (χ1n) is 9.34. The number of carbonyl (C=O) groups is 1. The van der Waals surface area contributed by atoms with Crippen LogP contribution in [-0.4, -0.2) is 31.1 Å². The largest absolute Gasteiger partial charge is 0.497 e. The van der Waals surface area contributed by atoms with Crippen LogP contribution in [0, 0.1) is 11.7 Å². The Balaban J connectivity index is 1.30. The van der Waals surface area contributed by atoms with Gasteiger partial charge < -0.3 is 15.0 Å². The second-order valence-corrected chi connectivity index (χ2v) is 7.94. The summed E-state index contributed by atoms with van der Waals surface area (Å²) in [6.07, 6.45) is 1.58. The fourth-order valence-electron chi connectivity index (χ4n) is 3.43. The highest BCUT2D eigenvalue weighted by molar-refractivity contribution is 7.22. The summed E-state index contributed by atoms with van der Waals surface area (Å²) in [7, 11) is 1.63.